The van der Waals surface area contributed by atoms with Gasteiger partial charge in [-0.1, -0.05) is 30.3 Å². The van der Waals surface area contributed by atoms with E-state index in [1.807, 2.05) is 54.1 Å². The fraction of sp³-hybridized carbons (Fsp3) is 0.421. The van der Waals surface area contributed by atoms with Crippen LogP contribution in [0, 0.1) is 6.92 Å². The number of carbonyl (C=O) groups excluding carboxylic acids is 2. The lowest BCUT2D eigenvalue weighted by Gasteiger charge is -2.54. The van der Waals surface area contributed by atoms with Gasteiger partial charge in [0.05, 0.1) is 16.7 Å². The van der Waals surface area contributed by atoms with Crippen LogP contribution in [0.2, 0.25) is 0 Å². The minimum atomic E-state index is -0.532. The number of morpholine rings is 1. The highest BCUT2D eigenvalue weighted by atomic mass is 32.1. The first-order valence-electron chi connectivity index (χ1n) is 8.67. The molecule has 2 aliphatic heterocycles. The second-order valence-electron chi connectivity index (χ2n) is 6.81. The number of likely N-dealkylation sites (tertiary alicyclic amines) is 1. The molecule has 2 aliphatic rings. The molecule has 0 saturated carbocycles. The van der Waals surface area contributed by atoms with Gasteiger partial charge in [0.25, 0.3) is 5.91 Å². The van der Waals surface area contributed by atoms with E-state index in [2.05, 4.69) is 4.98 Å². The lowest BCUT2D eigenvalue weighted by molar-refractivity contribution is -0.180. The zero-order valence-corrected chi connectivity index (χ0v) is 15.7. The Labute approximate surface area is 156 Å². The first-order chi connectivity index (χ1) is 12.5. The van der Waals surface area contributed by atoms with Gasteiger partial charge in [-0.3, -0.25) is 9.59 Å². The molecular formula is C19H21N3O3S. The van der Waals surface area contributed by atoms with Crippen LogP contribution in [-0.4, -0.2) is 59.4 Å². The molecule has 136 valence electrons. The van der Waals surface area contributed by atoms with Gasteiger partial charge in [0.2, 0.25) is 5.91 Å². The first kappa shape index (κ1) is 17.2. The smallest absolute Gasteiger partial charge is 0.265 e. The summed E-state index contributed by atoms with van der Waals surface area (Å²) in [5, 5.41) is 0. The Balaban J connectivity index is 1.67. The maximum atomic E-state index is 12.9. The summed E-state index contributed by atoms with van der Waals surface area (Å²) >= 11 is 1.37. The first-order valence-corrected chi connectivity index (χ1v) is 9.55. The molecule has 2 fully saturated rings. The van der Waals surface area contributed by atoms with Crippen LogP contribution in [0.15, 0.2) is 35.8 Å². The molecule has 2 atom stereocenters. The maximum absolute atomic E-state index is 12.9. The number of piperidine rings is 1. The summed E-state index contributed by atoms with van der Waals surface area (Å²) in [6.45, 7) is 2.94. The van der Waals surface area contributed by atoms with Gasteiger partial charge >= 0.3 is 0 Å². The van der Waals surface area contributed by atoms with Crippen molar-refractivity contribution in [2.75, 3.05) is 26.7 Å². The molecule has 2 saturated heterocycles. The third-order valence-electron chi connectivity index (χ3n) is 5.56. The number of rotatable bonds is 2. The Morgan fingerprint density at radius 1 is 1.35 bits per heavy atom. The molecule has 1 aromatic heterocycles. The van der Waals surface area contributed by atoms with Crippen LogP contribution >= 0.6 is 11.3 Å². The minimum absolute atomic E-state index is 0.00480. The fourth-order valence-corrected chi connectivity index (χ4v) is 4.83. The molecule has 2 aromatic rings. The maximum Gasteiger partial charge on any atom is 0.265 e. The van der Waals surface area contributed by atoms with Gasteiger partial charge in [-0.15, -0.1) is 11.3 Å². The zero-order chi connectivity index (χ0) is 18.3. The summed E-state index contributed by atoms with van der Waals surface area (Å²) in [4.78, 5) is 33.8. The van der Waals surface area contributed by atoms with Crippen molar-refractivity contribution >= 4 is 23.2 Å². The van der Waals surface area contributed by atoms with Crippen LogP contribution in [0.5, 0.6) is 0 Å². The lowest BCUT2D eigenvalue weighted by atomic mass is 9.76. The highest BCUT2D eigenvalue weighted by Gasteiger charge is 2.53. The zero-order valence-electron chi connectivity index (χ0n) is 14.8. The molecular weight excluding hydrogens is 350 g/mol. The van der Waals surface area contributed by atoms with Crippen molar-refractivity contribution in [1.29, 1.82) is 0 Å². The second-order valence-corrected chi connectivity index (χ2v) is 7.67. The number of likely N-dealkylation sites (N-methyl/N-ethyl adjacent to an activating group) is 1. The van der Waals surface area contributed by atoms with Crippen molar-refractivity contribution < 1.29 is 14.3 Å². The summed E-state index contributed by atoms with van der Waals surface area (Å²) < 4.78 is 5.95. The summed E-state index contributed by atoms with van der Waals surface area (Å²) in [6, 6.07) is 10.00. The number of benzene rings is 1. The fourth-order valence-electron chi connectivity index (χ4n) is 4.06. The Kier molecular flexibility index (Phi) is 4.28. The van der Waals surface area contributed by atoms with E-state index in [0.29, 0.717) is 24.4 Å². The Hall–Kier alpha value is -2.25. The number of thiazole rings is 1. The molecule has 0 unspecified atom stereocenters. The van der Waals surface area contributed by atoms with Crippen molar-refractivity contribution in [2.45, 2.75) is 25.0 Å². The van der Waals surface area contributed by atoms with E-state index >= 15 is 0 Å². The van der Waals surface area contributed by atoms with E-state index in [-0.39, 0.29) is 24.5 Å². The number of aryl methyl sites for hydroxylation is 1. The van der Waals surface area contributed by atoms with E-state index in [0.717, 1.165) is 11.3 Å². The van der Waals surface area contributed by atoms with Crippen molar-refractivity contribution in [3.8, 4) is 0 Å². The number of amides is 2. The van der Waals surface area contributed by atoms with E-state index in [1.165, 1.54) is 11.3 Å². The largest absolute Gasteiger partial charge is 0.364 e. The number of fused-ring (bicyclic) bond motifs is 1. The van der Waals surface area contributed by atoms with Crippen LogP contribution in [0.4, 0.5) is 0 Å². The lowest BCUT2D eigenvalue weighted by Crippen LogP contribution is -2.67. The number of carbonyl (C=O) groups is 2. The molecule has 0 N–H and O–H groups in total. The quantitative estimate of drug-likeness (QED) is 0.811. The van der Waals surface area contributed by atoms with Gasteiger partial charge in [0.1, 0.15) is 17.6 Å². The third kappa shape index (κ3) is 2.54. The average molecular weight is 371 g/mol. The second kappa shape index (κ2) is 6.48. The topological polar surface area (TPSA) is 62.7 Å². The van der Waals surface area contributed by atoms with Crippen LogP contribution < -0.4 is 0 Å². The number of aromatic nitrogens is 1. The van der Waals surface area contributed by atoms with Crippen LogP contribution in [-0.2, 0) is 15.1 Å². The molecule has 2 amide bonds. The molecule has 3 heterocycles. The SMILES string of the molecule is Cc1ncsc1C(=O)N1CC[C@]2(c3ccccc3)[C@@H](C1)OCC(=O)N2C. The molecule has 26 heavy (non-hydrogen) atoms. The number of hydrogen-bond acceptors (Lipinski definition) is 5. The Morgan fingerprint density at radius 3 is 2.81 bits per heavy atom. The molecule has 0 aliphatic carbocycles. The number of ether oxygens (including phenoxy) is 1. The highest BCUT2D eigenvalue weighted by molar-refractivity contribution is 7.11. The Bertz CT molecular complexity index is 838. The molecule has 6 nitrogen and oxygen atoms in total. The van der Waals surface area contributed by atoms with Crippen LogP contribution in [0.25, 0.3) is 0 Å². The molecule has 0 bridgehead atoms. The summed E-state index contributed by atoms with van der Waals surface area (Å²) in [5.41, 5.74) is 2.99. The standard InChI is InChI=1S/C19H21N3O3S/c1-13-17(26-12-20-13)18(24)22-9-8-19(14-6-4-3-5-7-14)15(10-22)25-11-16(23)21(19)2/h3-7,12,15H,8-11H2,1-2H3/t15-,19+/m1/s1. The molecule has 1 aromatic carbocycles. The summed E-state index contributed by atoms with van der Waals surface area (Å²) in [7, 11) is 1.84. The predicted molar refractivity (Wildman–Crippen MR) is 98.0 cm³/mol. The van der Waals surface area contributed by atoms with E-state index in [1.54, 1.807) is 5.51 Å². The Morgan fingerprint density at radius 2 is 2.12 bits per heavy atom. The average Bonchev–Trinajstić information content (AvgIpc) is 3.10. The summed E-state index contributed by atoms with van der Waals surface area (Å²) in [5.74, 6) is -0.0296. The van der Waals surface area contributed by atoms with E-state index in [4.69, 9.17) is 4.74 Å². The van der Waals surface area contributed by atoms with Crippen LogP contribution in [0.3, 0.4) is 0 Å². The molecule has 0 spiro atoms. The van der Waals surface area contributed by atoms with Gasteiger partial charge in [0.15, 0.2) is 0 Å². The van der Waals surface area contributed by atoms with Gasteiger partial charge < -0.3 is 14.5 Å². The van der Waals surface area contributed by atoms with Gasteiger partial charge in [0, 0.05) is 20.1 Å². The molecule has 7 heteroatoms. The minimum Gasteiger partial charge on any atom is -0.364 e. The predicted octanol–water partition coefficient (Wildman–Crippen LogP) is 2.05. The highest BCUT2D eigenvalue weighted by Crippen LogP contribution is 2.42. The van der Waals surface area contributed by atoms with Gasteiger partial charge in [-0.05, 0) is 18.9 Å². The molecule has 4 rings (SSSR count). The van der Waals surface area contributed by atoms with Crippen LogP contribution in [0.1, 0.15) is 27.3 Å². The summed E-state index contributed by atoms with van der Waals surface area (Å²) in [6.07, 6.45) is 0.395. The normalized spacial score (nSPS) is 25.9. The monoisotopic (exact) mass is 371 g/mol. The number of hydrogen-bond donors (Lipinski definition) is 0. The van der Waals surface area contributed by atoms with Crippen molar-refractivity contribution in [2.24, 2.45) is 0 Å². The van der Waals surface area contributed by atoms with E-state index < -0.39 is 5.54 Å². The van der Waals surface area contributed by atoms with Gasteiger partial charge in [-0.2, -0.15) is 0 Å². The van der Waals surface area contributed by atoms with Gasteiger partial charge in [-0.25, -0.2) is 4.98 Å². The van der Waals surface area contributed by atoms with E-state index in [9.17, 15) is 9.59 Å². The third-order valence-corrected chi connectivity index (χ3v) is 6.48. The van der Waals surface area contributed by atoms with Crippen molar-refractivity contribution in [3.63, 3.8) is 0 Å². The van der Waals surface area contributed by atoms with Crippen molar-refractivity contribution in [3.05, 3.63) is 52.0 Å². The molecule has 0 radical (unpaired) electrons. The van der Waals surface area contributed by atoms with Crippen molar-refractivity contribution in [1.82, 2.24) is 14.8 Å². The number of nitrogens with zero attached hydrogens (tertiary/aromatic N) is 3.